The summed E-state index contributed by atoms with van der Waals surface area (Å²) < 4.78 is 121. The fourth-order valence-corrected chi connectivity index (χ4v) is 6.13. The number of alkyl halides is 6. The lowest BCUT2D eigenvalue weighted by molar-refractivity contribution is -0.176. The Bertz CT molecular complexity index is 2050. The van der Waals surface area contributed by atoms with E-state index in [0.717, 1.165) is 47.0 Å². The minimum absolute atomic E-state index is 0.0863. The Balaban J connectivity index is 1.30. The highest BCUT2D eigenvalue weighted by molar-refractivity contribution is 8.15. The molecule has 0 spiro atoms. The summed E-state index contributed by atoms with van der Waals surface area (Å²) in [5, 5.41) is 2.20. The van der Waals surface area contributed by atoms with Crippen molar-refractivity contribution >= 4 is 50.1 Å². The van der Waals surface area contributed by atoms with E-state index in [4.69, 9.17) is 4.74 Å². The molecular weight excluding hydrogens is 707 g/mol. The molecule has 10 nitrogen and oxygen atoms in total. The summed E-state index contributed by atoms with van der Waals surface area (Å²) in [6, 6.07) is 11.2. The normalized spacial score (nSPS) is 14.9. The SMILES string of the molecule is Cc1ccc(COCC(F)(F)F)c(N2C(=O)CS/C2=N\C(=O)Nc2ccc(-c3cn(-c4ccc(S(=O)(=O)C(F)(F)F)cc4)cn3)cc2F)c1. The van der Waals surface area contributed by atoms with E-state index in [2.05, 4.69) is 15.3 Å². The Morgan fingerprint density at radius 2 is 1.76 bits per heavy atom. The lowest BCUT2D eigenvalue weighted by Gasteiger charge is -2.21. The zero-order valence-corrected chi connectivity index (χ0v) is 26.5. The number of aryl methyl sites for hydroxylation is 1. The molecule has 1 saturated heterocycles. The zero-order valence-electron chi connectivity index (χ0n) is 24.8. The number of carbonyl (C=O) groups excluding carboxylic acids is 2. The van der Waals surface area contributed by atoms with E-state index in [-0.39, 0.29) is 44.8 Å². The number of aromatic nitrogens is 2. The Labute approximate surface area is 277 Å². The number of ether oxygens (including phenoxy) is 1. The number of hydrogen-bond donors (Lipinski definition) is 1. The number of amides is 3. The predicted octanol–water partition coefficient (Wildman–Crippen LogP) is 7.03. The maximum Gasteiger partial charge on any atom is 0.501 e. The minimum atomic E-state index is -5.53. The quantitative estimate of drug-likeness (QED) is 0.193. The molecule has 0 aliphatic carbocycles. The van der Waals surface area contributed by atoms with Crippen LogP contribution in [0.3, 0.4) is 0 Å². The van der Waals surface area contributed by atoms with E-state index in [1.807, 2.05) is 0 Å². The van der Waals surface area contributed by atoms with Crippen molar-refractivity contribution in [3.63, 3.8) is 0 Å². The highest BCUT2D eigenvalue weighted by Gasteiger charge is 2.46. The van der Waals surface area contributed by atoms with Crippen LogP contribution < -0.4 is 10.2 Å². The number of benzene rings is 3. The summed E-state index contributed by atoms with van der Waals surface area (Å²) in [6.45, 7) is -0.280. The van der Waals surface area contributed by atoms with Gasteiger partial charge in [0, 0.05) is 23.0 Å². The smallest absolute Gasteiger partial charge is 0.367 e. The molecule has 19 heteroatoms. The fourth-order valence-electron chi connectivity index (χ4n) is 4.51. The summed E-state index contributed by atoms with van der Waals surface area (Å²) >= 11 is 0.903. The number of aliphatic imine (C=N–C) groups is 1. The van der Waals surface area contributed by atoms with Gasteiger partial charge in [0.25, 0.3) is 9.84 Å². The van der Waals surface area contributed by atoms with Crippen molar-refractivity contribution in [1.82, 2.24) is 9.55 Å². The first kappa shape index (κ1) is 35.6. The first-order valence-electron chi connectivity index (χ1n) is 13.8. The minimum Gasteiger partial charge on any atom is -0.367 e. The maximum absolute atomic E-state index is 15.1. The molecule has 1 aliphatic heterocycles. The number of sulfone groups is 1. The second-order valence-corrected chi connectivity index (χ2v) is 13.3. The van der Waals surface area contributed by atoms with Gasteiger partial charge in [-0.3, -0.25) is 9.69 Å². The van der Waals surface area contributed by atoms with Crippen LogP contribution in [0.2, 0.25) is 0 Å². The Hall–Kier alpha value is -4.75. The zero-order chi connectivity index (χ0) is 35.7. The predicted molar refractivity (Wildman–Crippen MR) is 165 cm³/mol. The molecule has 258 valence electrons. The van der Waals surface area contributed by atoms with Gasteiger partial charge in [0.05, 0.1) is 40.7 Å². The van der Waals surface area contributed by atoms with Crippen LogP contribution in [0.15, 0.2) is 83.1 Å². The fraction of sp³-hybridized carbons (Fsp3) is 0.200. The summed E-state index contributed by atoms with van der Waals surface area (Å²) in [6.07, 6.45) is -1.86. The maximum atomic E-state index is 15.1. The molecule has 1 fully saturated rings. The molecule has 0 unspecified atom stereocenters. The van der Waals surface area contributed by atoms with Crippen molar-refractivity contribution in [1.29, 1.82) is 0 Å². The van der Waals surface area contributed by atoms with Crippen molar-refractivity contribution in [3.8, 4) is 16.9 Å². The van der Waals surface area contributed by atoms with E-state index in [9.17, 15) is 44.3 Å². The number of carbonyl (C=O) groups is 2. The number of hydrogen-bond acceptors (Lipinski definition) is 7. The largest absolute Gasteiger partial charge is 0.501 e. The van der Waals surface area contributed by atoms with E-state index >= 15 is 4.39 Å². The van der Waals surface area contributed by atoms with E-state index in [1.165, 1.54) is 41.4 Å². The molecule has 0 radical (unpaired) electrons. The van der Waals surface area contributed by atoms with Gasteiger partial charge in [0.2, 0.25) is 5.91 Å². The molecule has 0 saturated carbocycles. The number of rotatable bonds is 8. The average molecular weight is 730 g/mol. The number of nitrogens with zero attached hydrogens (tertiary/aromatic N) is 4. The summed E-state index contributed by atoms with van der Waals surface area (Å²) in [4.78, 5) is 33.8. The Morgan fingerprint density at radius 1 is 1.04 bits per heavy atom. The molecule has 1 aromatic heterocycles. The molecule has 2 heterocycles. The average Bonchev–Trinajstić information content (AvgIpc) is 3.65. The molecule has 4 aromatic rings. The summed E-state index contributed by atoms with van der Waals surface area (Å²) in [5.41, 5.74) is -3.89. The van der Waals surface area contributed by atoms with Crippen molar-refractivity contribution in [2.45, 2.75) is 30.1 Å². The van der Waals surface area contributed by atoms with Gasteiger partial charge in [-0.15, -0.1) is 0 Å². The van der Waals surface area contributed by atoms with Gasteiger partial charge in [-0.1, -0.05) is 30.0 Å². The van der Waals surface area contributed by atoms with Gasteiger partial charge in [-0.2, -0.15) is 31.3 Å². The number of thioether (sulfide) groups is 1. The summed E-state index contributed by atoms with van der Waals surface area (Å²) in [5.74, 6) is -1.50. The van der Waals surface area contributed by atoms with Gasteiger partial charge >= 0.3 is 17.7 Å². The van der Waals surface area contributed by atoms with E-state index in [0.29, 0.717) is 5.56 Å². The molecule has 49 heavy (non-hydrogen) atoms. The second kappa shape index (κ2) is 13.6. The van der Waals surface area contributed by atoms with Gasteiger partial charge in [0.1, 0.15) is 12.4 Å². The third kappa shape index (κ3) is 8.11. The second-order valence-electron chi connectivity index (χ2n) is 10.4. The molecule has 0 bridgehead atoms. The Morgan fingerprint density at radius 3 is 2.41 bits per heavy atom. The molecular formula is C30H22F7N5O5S2. The van der Waals surface area contributed by atoms with Gasteiger partial charge in [-0.05, 0) is 55.0 Å². The van der Waals surface area contributed by atoms with Crippen molar-refractivity contribution in [2.24, 2.45) is 4.99 Å². The molecule has 3 aromatic carbocycles. The molecule has 5 rings (SSSR count). The monoisotopic (exact) mass is 729 g/mol. The third-order valence-corrected chi connectivity index (χ3v) is 9.23. The van der Waals surface area contributed by atoms with E-state index < -0.39 is 57.4 Å². The number of anilines is 2. The number of nitrogens with one attached hydrogen (secondary N) is 1. The topological polar surface area (TPSA) is 123 Å². The van der Waals surface area contributed by atoms with Gasteiger partial charge in [0.15, 0.2) is 5.17 Å². The number of halogens is 7. The van der Waals surface area contributed by atoms with Crippen LogP contribution in [-0.2, 0) is 26.0 Å². The lowest BCUT2D eigenvalue weighted by Crippen LogP contribution is -2.31. The number of amidine groups is 1. The number of imidazole rings is 1. The van der Waals surface area contributed by atoms with Crippen LogP contribution >= 0.6 is 11.8 Å². The molecule has 1 aliphatic rings. The first-order chi connectivity index (χ1) is 22.9. The van der Waals surface area contributed by atoms with Gasteiger partial charge in [-0.25, -0.2) is 22.6 Å². The number of urea groups is 1. The van der Waals surface area contributed by atoms with E-state index in [1.54, 1.807) is 13.0 Å². The third-order valence-electron chi connectivity index (χ3n) is 6.81. The summed E-state index contributed by atoms with van der Waals surface area (Å²) in [7, 11) is -5.53. The highest BCUT2D eigenvalue weighted by Crippen LogP contribution is 2.33. The van der Waals surface area contributed by atoms with Crippen molar-refractivity contribution < 1.29 is 53.5 Å². The standard InChI is InChI=1S/C30H22F7N5O5S2/c1-17-2-3-19(13-47-15-29(32,33)34)25(10-17)42-26(43)14-48-28(42)40-27(44)39-23-9-4-18(11-22(23)31)24-12-41(16-38-24)20-5-7-21(8-6-20)49(45,46)30(35,36)37/h2-12,16H,13-15H2,1H3,(H,39,44)/b40-28-. The molecule has 0 atom stereocenters. The van der Waals surface area contributed by atoms with Crippen LogP contribution in [0.25, 0.3) is 16.9 Å². The van der Waals surface area contributed by atoms with Crippen LogP contribution in [0.1, 0.15) is 11.1 Å². The van der Waals surface area contributed by atoms with Crippen LogP contribution in [-0.4, -0.2) is 59.1 Å². The van der Waals surface area contributed by atoms with Crippen LogP contribution in [0, 0.1) is 12.7 Å². The first-order valence-corrected chi connectivity index (χ1v) is 16.2. The Kier molecular flexibility index (Phi) is 9.89. The molecule has 3 amide bonds. The van der Waals surface area contributed by atoms with Gasteiger partial charge < -0.3 is 14.6 Å². The van der Waals surface area contributed by atoms with Crippen molar-refractivity contribution in [2.75, 3.05) is 22.6 Å². The van der Waals surface area contributed by atoms with Crippen LogP contribution in [0.4, 0.5) is 46.9 Å². The van der Waals surface area contributed by atoms with Crippen molar-refractivity contribution in [3.05, 3.63) is 90.1 Å². The molecule has 1 N–H and O–H groups in total. The lowest BCUT2D eigenvalue weighted by atomic mass is 10.1. The van der Waals surface area contributed by atoms with Crippen LogP contribution in [0.5, 0.6) is 0 Å². The highest BCUT2D eigenvalue weighted by atomic mass is 32.2.